The van der Waals surface area contributed by atoms with E-state index in [-0.39, 0.29) is 12.2 Å². The van der Waals surface area contributed by atoms with Crippen molar-refractivity contribution >= 4 is 11.7 Å². The van der Waals surface area contributed by atoms with E-state index in [2.05, 4.69) is 10.3 Å². The van der Waals surface area contributed by atoms with Crippen molar-refractivity contribution in [2.45, 2.75) is 12.7 Å². The largest absolute Gasteiger partial charge is 0.421 e. The number of anilines is 1. The van der Waals surface area contributed by atoms with Crippen LogP contribution in [0, 0.1) is 0 Å². The number of H-pyrrole nitrogens is 1. The van der Waals surface area contributed by atoms with Crippen LogP contribution in [0.1, 0.15) is 21.6 Å². The van der Waals surface area contributed by atoms with E-state index in [0.29, 0.717) is 11.9 Å². The predicted molar refractivity (Wildman–Crippen MR) is 81.8 cm³/mol. The lowest BCUT2D eigenvalue weighted by Crippen LogP contribution is -2.29. The topological polar surface area (TPSA) is 78.1 Å². The SMILES string of the molecule is CN(C)c1ncccc1CNC(=O)c1ccc(C(F)(F)F)c(=O)[nH]1. The van der Waals surface area contributed by atoms with E-state index in [4.69, 9.17) is 0 Å². The molecule has 2 aromatic rings. The minimum atomic E-state index is -4.76. The molecule has 0 radical (unpaired) electrons. The van der Waals surface area contributed by atoms with Gasteiger partial charge in [-0.3, -0.25) is 9.59 Å². The van der Waals surface area contributed by atoms with Crippen molar-refractivity contribution in [1.82, 2.24) is 15.3 Å². The zero-order chi connectivity index (χ0) is 17.9. The predicted octanol–water partition coefficient (Wildman–Crippen LogP) is 1.78. The molecule has 24 heavy (non-hydrogen) atoms. The normalized spacial score (nSPS) is 11.2. The molecule has 0 bridgehead atoms. The third-order valence-corrected chi connectivity index (χ3v) is 3.19. The summed E-state index contributed by atoms with van der Waals surface area (Å²) in [5.74, 6) is -0.0342. The second-order valence-electron chi connectivity index (χ2n) is 5.18. The molecule has 0 aliphatic heterocycles. The number of nitrogens with zero attached hydrogens (tertiary/aromatic N) is 2. The maximum Gasteiger partial charge on any atom is 0.421 e. The van der Waals surface area contributed by atoms with Gasteiger partial charge in [-0.2, -0.15) is 13.2 Å². The first-order chi connectivity index (χ1) is 11.2. The average molecular weight is 340 g/mol. The van der Waals surface area contributed by atoms with Crippen LogP contribution in [0.2, 0.25) is 0 Å². The summed E-state index contributed by atoms with van der Waals surface area (Å²) in [6.45, 7) is 0.114. The smallest absolute Gasteiger partial charge is 0.362 e. The third-order valence-electron chi connectivity index (χ3n) is 3.19. The van der Waals surface area contributed by atoms with Crippen LogP contribution in [0.4, 0.5) is 19.0 Å². The Morgan fingerprint density at radius 3 is 2.58 bits per heavy atom. The first-order valence-electron chi connectivity index (χ1n) is 6.90. The summed E-state index contributed by atoms with van der Waals surface area (Å²) in [5, 5.41) is 2.54. The van der Waals surface area contributed by atoms with E-state index in [0.717, 1.165) is 11.6 Å². The number of pyridine rings is 2. The molecule has 2 N–H and O–H groups in total. The molecule has 2 aromatic heterocycles. The summed E-state index contributed by atoms with van der Waals surface area (Å²) in [5.41, 5.74) is -2.22. The van der Waals surface area contributed by atoms with E-state index in [9.17, 15) is 22.8 Å². The number of amides is 1. The molecule has 9 heteroatoms. The number of alkyl halides is 3. The van der Waals surface area contributed by atoms with Gasteiger partial charge in [-0.25, -0.2) is 4.98 Å². The first-order valence-corrected chi connectivity index (χ1v) is 6.90. The molecule has 2 rings (SSSR count). The van der Waals surface area contributed by atoms with Gasteiger partial charge in [0.2, 0.25) is 0 Å². The van der Waals surface area contributed by atoms with E-state index in [1.54, 1.807) is 37.3 Å². The Bertz CT molecular complexity index is 800. The van der Waals surface area contributed by atoms with Crippen LogP contribution in [-0.4, -0.2) is 30.0 Å². The Labute approximate surface area is 135 Å². The fourth-order valence-corrected chi connectivity index (χ4v) is 2.07. The van der Waals surface area contributed by atoms with Crippen molar-refractivity contribution in [2.75, 3.05) is 19.0 Å². The van der Waals surface area contributed by atoms with Crippen LogP contribution in [0.5, 0.6) is 0 Å². The molecule has 128 valence electrons. The fourth-order valence-electron chi connectivity index (χ4n) is 2.07. The van der Waals surface area contributed by atoms with Crippen molar-refractivity contribution in [3.8, 4) is 0 Å². The zero-order valence-electron chi connectivity index (χ0n) is 12.9. The molecule has 0 atom stereocenters. The van der Waals surface area contributed by atoms with Crippen LogP contribution in [-0.2, 0) is 12.7 Å². The Kier molecular flexibility index (Phi) is 4.91. The minimum Gasteiger partial charge on any atom is -0.362 e. The molecule has 1 amide bonds. The lowest BCUT2D eigenvalue weighted by Gasteiger charge is -2.16. The molecule has 0 saturated heterocycles. The van der Waals surface area contributed by atoms with Crippen molar-refractivity contribution in [3.05, 3.63) is 57.6 Å². The van der Waals surface area contributed by atoms with Crippen molar-refractivity contribution in [1.29, 1.82) is 0 Å². The highest BCUT2D eigenvalue weighted by molar-refractivity contribution is 5.92. The van der Waals surface area contributed by atoms with Gasteiger partial charge in [0.15, 0.2) is 0 Å². The number of aromatic amines is 1. The van der Waals surface area contributed by atoms with Crippen molar-refractivity contribution < 1.29 is 18.0 Å². The monoisotopic (exact) mass is 340 g/mol. The summed E-state index contributed by atoms with van der Waals surface area (Å²) in [6, 6.07) is 4.98. The highest BCUT2D eigenvalue weighted by Gasteiger charge is 2.34. The summed E-state index contributed by atoms with van der Waals surface area (Å²) < 4.78 is 37.6. The van der Waals surface area contributed by atoms with E-state index in [1.165, 1.54) is 0 Å². The highest BCUT2D eigenvalue weighted by Crippen LogP contribution is 2.26. The van der Waals surface area contributed by atoms with Gasteiger partial charge in [-0.1, -0.05) is 6.07 Å². The van der Waals surface area contributed by atoms with E-state index in [1.807, 2.05) is 4.98 Å². The highest BCUT2D eigenvalue weighted by atomic mass is 19.4. The summed E-state index contributed by atoms with van der Waals surface area (Å²) in [6.07, 6.45) is -3.16. The molecule has 0 aliphatic rings. The maximum absolute atomic E-state index is 12.5. The molecule has 2 heterocycles. The lowest BCUT2D eigenvalue weighted by molar-refractivity contribution is -0.138. The van der Waals surface area contributed by atoms with Gasteiger partial charge in [-0.15, -0.1) is 0 Å². The van der Waals surface area contributed by atoms with Crippen LogP contribution < -0.4 is 15.8 Å². The number of carbonyl (C=O) groups is 1. The quantitative estimate of drug-likeness (QED) is 0.889. The number of hydrogen-bond acceptors (Lipinski definition) is 4. The number of carbonyl (C=O) groups excluding carboxylic acids is 1. The molecule has 6 nitrogen and oxygen atoms in total. The number of rotatable bonds is 4. The molecule has 0 spiro atoms. The molecule has 0 unspecified atom stereocenters. The first kappa shape index (κ1) is 17.5. The zero-order valence-corrected chi connectivity index (χ0v) is 12.9. The molecule has 0 aromatic carbocycles. The van der Waals surface area contributed by atoms with Crippen LogP contribution in [0.25, 0.3) is 0 Å². The summed E-state index contributed by atoms with van der Waals surface area (Å²) in [7, 11) is 3.59. The van der Waals surface area contributed by atoms with Crippen molar-refractivity contribution in [2.24, 2.45) is 0 Å². The van der Waals surface area contributed by atoms with Crippen molar-refractivity contribution in [3.63, 3.8) is 0 Å². The van der Waals surface area contributed by atoms with Crippen LogP contribution in [0.15, 0.2) is 35.3 Å². The van der Waals surface area contributed by atoms with Gasteiger partial charge in [0.05, 0.1) is 0 Å². The second kappa shape index (κ2) is 6.73. The third kappa shape index (κ3) is 3.92. The number of halogens is 3. The Hall–Kier alpha value is -2.84. The maximum atomic E-state index is 12.5. The average Bonchev–Trinajstić information content (AvgIpc) is 2.51. The van der Waals surface area contributed by atoms with E-state index >= 15 is 0 Å². The number of hydrogen-bond donors (Lipinski definition) is 2. The Morgan fingerprint density at radius 2 is 2.00 bits per heavy atom. The van der Waals surface area contributed by atoms with Crippen LogP contribution >= 0.6 is 0 Å². The van der Waals surface area contributed by atoms with Gasteiger partial charge in [0, 0.05) is 32.4 Å². The van der Waals surface area contributed by atoms with Crippen LogP contribution in [0.3, 0.4) is 0 Å². The van der Waals surface area contributed by atoms with E-state index < -0.39 is 23.2 Å². The van der Waals surface area contributed by atoms with Gasteiger partial charge in [-0.05, 0) is 18.2 Å². The Balaban J connectivity index is 2.14. The van der Waals surface area contributed by atoms with Gasteiger partial charge in [0.1, 0.15) is 17.1 Å². The number of nitrogens with one attached hydrogen (secondary N) is 2. The Morgan fingerprint density at radius 1 is 1.29 bits per heavy atom. The second-order valence-corrected chi connectivity index (χ2v) is 5.18. The molecular formula is C15H15F3N4O2. The van der Waals surface area contributed by atoms with Gasteiger partial charge in [0.25, 0.3) is 11.5 Å². The molecule has 0 fully saturated rings. The lowest BCUT2D eigenvalue weighted by atomic mass is 10.2. The summed E-state index contributed by atoms with van der Waals surface area (Å²) in [4.78, 5) is 31.3. The molecular weight excluding hydrogens is 325 g/mol. The van der Waals surface area contributed by atoms with Gasteiger partial charge >= 0.3 is 6.18 Å². The minimum absolute atomic E-state index is 0.114. The fraction of sp³-hybridized carbons (Fsp3) is 0.267. The molecule has 0 aliphatic carbocycles. The standard InChI is InChI=1S/C15H15F3N4O2/c1-22(2)12-9(4-3-7-19-12)8-20-14(24)11-6-5-10(13(23)21-11)15(16,17)18/h3-7H,8H2,1-2H3,(H,20,24)(H,21,23). The molecule has 0 saturated carbocycles. The van der Waals surface area contributed by atoms with Gasteiger partial charge < -0.3 is 15.2 Å². The number of aromatic nitrogens is 2. The summed E-state index contributed by atoms with van der Waals surface area (Å²) >= 11 is 0.